The van der Waals surface area contributed by atoms with Crippen molar-refractivity contribution in [1.82, 2.24) is 4.90 Å². The van der Waals surface area contributed by atoms with Crippen molar-refractivity contribution in [2.75, 3.05) is 6.54 Å². The molecule has 1 heterocycles. The number of likely N-dealkylation sites (tertiary alicyclic amines) is 1. The molecule has 0 bridgehead atoms. The summed E-state index contributed by atoms with van der Waals surface area (Å²) < 4.78 is 13.7. The van der Waals surface area contributed by atoms with Crippen LogP contribution in [0.2, 0.25) is 0 Å². The zero-order valence-corrected chi connectivity index (χ0v) is 12.1. The van der Waals surface area contributed by atoms with Crippen molar-refractivity contribution in [1.29, 1.82) is 0 Å². The number of rotatable bonds is 3. The molecule has 1 saturated carbocycles. The van der Waals surface area contributed by atoms with Gasteiger partial charge in [-0.15, -0.1) is 0 Å². The van der Waals surface area contributed by atoms with E-state index in [2.05, 4.69) is 10.1 Å². The molecule has 3 rings (SSSR count). The third-order valence-corrected chi connectivity index (χ3v) is 4.87. The van der Waals surface area contributed by atoms with Crippen molar-refractivity contribution in [3.05, 3.63) is 35.1 Å². The largest absolute Gasteiger partial charge is 0.409 e. The number of nitrogens with two attached hydrogens (primary N) is 1. The van der Waals surface area contributed by atoms with Gasteiger partial charge in [-0.1, -0.05) is 18.0 Å². The summed E-state index contributed by atoms with van der Waals surface area (Å²) in [6.45, 7) is 1.83. The van der Waals surface area contributed by atoms with Crippen LogP contribution in [0.25, 0.3) is 0 Å². The first kappa shape index (κ1) is 14.3. The summed E-state index contributed by atoms with van der Waals surface area (Å²) in [5.74, 6) is 0.428. The van der Waals surface area contributed by atoms with Crippen molar-refractivity contribution >= 4 is 5.84 Å². The molecule has 5 heteroatoms. The van der Waals surface area contributed by atoms with E-state index in [0.29, 0.717) is 11.6 Å². The van der Waals surface area contributed by atoms with Gasteiger partial charge in [-0.3, -0.25) is 4.90 Å². The highest BCUT2D eigenvalue weighted by Gasteiger charge is 2.35. The second kappa shape index (κ2) is 6.02. The van der Waals surface area contributed by atoms with Gasteiger partial charge in [0.05, 0.1) is 0 Å². The van der Waals surface area contributed by atoms with Crippen molar-refractivity contribution in [2.45, 2.75) is 44.7 Å². The third kappa shape index (κ3) is 3.02. The lowest BCUT2D eigenvalue weighted by molar-refractivity contribution is 0.176. The van der Waals surface area contributed by atoms with Crippen LogP contribution in [0.1, 0.15) is 43.2 Å². The van der Waals surface area contributed by atoms with Gasteiger partial charge in [-0.25, -0.2) is 4.39 Å². The van der Waals surface area contributed by atoms with E-state index in [1.807, 2.05) is 6.07 Å². The molecule has 1 aromatic carbocycles. The Morgan fingerprint density at radius 3 is 2.90 bits per heavy atom. The van der Waals surface area contributed by atoms with Crippen LogP contribution < -0.4 is 5.73 Å². The van der Waals surface area contributed by atoms with Crippen LogP contribution in [0.4, 0.5) is 4.39 Å². The standard InChI is InChI=1S/C16H22FN3O/c17-14-8-11(7-13(9-14)16(18)19-21)10-20-6-5-12-3-1-2-4-15(12)20/h7-9,12,15,21H,1-6,10H2,(H2,18,19). The van der Waals surface area contributed by atoms with Gasteiger partial charge < -0.3 is 10.9 Å². The molecule has 2 unspecified atom stereocenters. The summed E-state index contributed by atoms with van der Waals surface area (Å²) in [6, 6.07) is 5.30. The molecule has 2 atom stereocenters. The van der Waals surface area contributed by atoms with Crippen LogP contribution >= 0.6 is 0 Å². The Balaban J connectivity index is 1.77. The van der Waals surface area contributed by atoms with Gasteiger partial charge in [-0.2, -0.15) is 0 Å². The summed E-state index contributed by atoms with van der Waals surface area (Å²) >= 11 is 0. The Bertz CT molecular complexity index is 546. The Labute approximate surface area is 124 Å². The Morgan fingerprint density at radius 2 is 2.10 bits per heavy atom. The van der Waals surface area contributed by atoms with Gasteiger partial charge in [0.15, 0.2) is 5.84 Å². The predicted molar refractivity (Wildman–Crippen MR) is 79.7 cm³/mol. The molecule has 114 valence electrons. The maximum absolute atomic E-state index is 13.7. The van der Waals surface area contributed by atoms with E-state index in [4.69, 9.17) is 10.9 Å². The molecular formula is C16H22FN3O. The number of hydrogen-bond donors (Lipinski definition) is 2. The van der Waals surface area contributed by atoms with Crippen LogP contribution in [-0.4, -0.2) is 28.5 Å². The van der Waals surface area contributed by atoms with E-state index in [1.54, 1.807) is 6.07 Å². The Kier molecular flexibility index (Phi) is 4.10. The molecule has 1 aromatic rings. The van der Waals surface area contributed by atoms with E-state index >= 15 is 0 Å². The highest BCUT2D eigenvalue weighted by atomic mass is 19.1. The smallest absolute Gasteiger partial charge is 0.170 e. The minimum Gasteiger partial charge on any atom is -0.409 e. The number of fused-ring (bicyclic) bond motifs is 1. The summed E-state index contributed by atoms with van der Waals surface area (Å²) in [5.41, 5.74) is 6.89. The molecule has 2 fully saturated rings. The highest BCUT2D eigenvalue weighted by molar-refractivity contribution is 5.97. The summed E-state index contributed by atoms with van der Waals surface area (Å²) in [6.07, 6.45) is 6.50. The fraction of sp³-hybridized carbons (Fsp3) is 0.562. The molecule has 0 radical (unpaired) electrons. The number of hydrogen-bond acceptors (Lipinski definition) is 3. The fourth-order valence-corrected chi connectivity index (χ4v) is 3.88. The predicted octanol–water partition coefficient (Wildman–Crippen LogP) is 2.68. The Morgan fingerprint density at radius 1 is 1.29 bits per heavy atom. The lowest BCUT2D eigenvalue weighted by Gasteiger charge is -2.31. The fourth-order valence-electron chi connectivity index (χ4n) is 3.88. The van der Waals surface area contributed by atoms with Crippen LogP contribution in [0.3, 0.4) is 0 Å². The van der Waals surface area contributed by atoms with E-state index in [0.717, 1.165) is 24.6 Å². The van der Waals surface area contributed by atoms with Crippen molar-refractivity contribution in [2.24, 2.45) is 16.8 Å². The number of nitrogens with zero attached hydrogens (tertiary/aromatic N) is 2. The monoisotopic (exact) mass is 291 g/mol. The lowest BCUT2D eigenvalue weighted by Crippen LogP contribution is -2.34. The molecule has 3 N–H and O–H groups in total. The number of halogens is 1. The summed E-state index contributed by atoms with van der Waals surface area (Å²) in [4.78, 5) is 2.47. The van der Waals surface area contributed by atoms with E-state index in [1.165, 1.54) is 38.2 Å². The molecule has 4 nitrogen and oxygen atoms in total. The zero-order chi connectivity index (χ0) is 14.8. The molecule has 21 heavy (non-hydrogen) atoms. The normalized spacial score (nSPS) is 26.8. The zero-order valence-electron chi connectivity index (χ0n) is 12.1. The average molecular weight is 291 g/mol. The second-order valence-electron chi connectivity index (χ2n) is 6.20. The van der Waals surface area contributed by atoms with Gasteiger partial charge in [-0.05, 0) is 55.5 Å². The second-order valence-corrected chi connectivity index (χ2v) is 6.20. The van der Waals surface area contributed by atoms with E-state index < -0.39 is 0 Å². The lowest BCUT2D eigenvalue weighted by atomic mass is 9.85. The molecule has 1 aliphatic heterocycles. The molecule has 1 aliphatic carbocycles. The SMILES string of the molecule is N/C(=N/O)c1cc(F)cc(CN2CCC3CCCCC32)c1. The third-order valence-electron chi connectivity index (χ3n) is 4.87. The molecule has 1 saturated heterocycles. The first-order valence-electron chi connectivity index (χ1n) is 7.69. The number of oxime groups is 1. The van der Waals surface area contributed by atoms with Gasteiger partial charge in [0.25, 0.3) is 0 Å². The average Bonchev–Trinajstić information content (AvgIpc) is 2.89. The number of amidine groups is 1. The van der Waals surface area contributed by atoms with Gasteiger partial charge in [0, 0.05) is 18.2 Å². The maximum Gasteiger partial charge on any atom is 0.170 e. The van der Waals surface area contributed by atoms with E-state index in [9.17, 15) is 4.39 Å². The quantitative estimate of drug-likeness (QED) is 0.389. The Hall–Kier alpha value is -1.62. The van der Waals surface area contributed by atoms with Gasteiger partial charge in [0.1, 0.15) is 5.82 Å². The minimum atomic E-state index is -0.339. The molecular weight excluding hydrogens is 269 g/mol. The van der Waals surface area contributed by atoms with Crippen molar-refractivity contribution in [3.63, 3.8) is 0 Å². The van der Waals surface area contributed by atoms with Crippen molar-refractivity contribution in [3.8, 4) is 0 Å². The molecule has 0 amide bonds. The maximum atomic E-state index is 13.7. The topological polar surface area (TPSA) is 61.9 Å². The molecule has 0 spiro atoms. The first-order valence-corrected chi connectivity index (χ1v) is 7.69. The molecule has 2 aliphatic rings. The summed E-state index contributed by atoms with van der Waals surface area (Å²) in [5, 5.41) is 11.7. The highest BCUT2D eigenvalue weighted by Crippen LogP contribution is 2.36. The van der Waals surface area contributed by atoms with Crippen LogP contribution in [0.5, 0.6) is 0 Å². The van der Waals surface area contributed by atoms with Crippen LogP contribution in [0.15, 0.2) is 23.4 Å². The summed E-state index contributed by atoms with van der Waals surface area (Å²) in [7, 11) is 0. The minimum absolute atomic E-state index is 0.0484. The first-order chi connectivity index (χ1) is 10.2. The van der Waals surface area contributed by atoms with Gasteiger partial charge >= 0.3 is 0 Å². The van der Waals surface area contributed by atoms with Crippen LogP contribution in [0, 0.1) is 11.7 Å². The van der Waals surface area contributed by atoms with Gasteiger partial charge in [0.2, 0.25) is 0 Å². The van der Waals surface area contributed by atoms with Crippen molar-refractivity contribution < 1.29 is 9.60 Å². The molecule has 0 aromatic heterocycles. The van der Waals surface area contributed by atoms with E-state index in [-0.39, 0.29) is 11.7 Å². The number of benzene rings is 1. The van der Waals surface area contributed by atoms with Crippen LogP contribution in [-0.2, 0) is 6.54 Å².